The molecule has 2 atom stereocenters. The predicted molar refractivity (Wildman–Crippen MR) is 77.2 cm³/mol. The van der Waals surface area contributed by atoms with Crippen molar-refractivity contribution in [2.75, 3.05) is 32.8 Å². The fraction of sp³-hybridized carbons (Fsp3) is 0.562. The van der Waals surface area contributed by atoms with E-state index in [1.807, 2.05) is 23.1 Å². The summed E-state index contributed by atoms with van der Waals surface area (Å²) >= 11 is 0. The van der Waals surface area contributed by atoms with Crippen molar-refractivity contribution in [2.45, 2.75) is 13.0 Å². The summed E-state index contributed by atoms with van der Waals surface area (Å²) in [5.74, 6) is 0.895. The molecule has 3 rings (SSSR count). The highest BCUT2D eigenvalue weighted by Gasteiger charge is 2.34. The molecule has 1 N–H and O–H groups in total. The normalized spacial score (nSPS) is 25.1. The zero-order valence-corrected chi connectivity index (χ0v) is 11.9. The van der Waals surface area contributed by atoms with Gasteiger partial charge in [-0.25, -0.2) is 0 Å². The zero-order valence-electron chi connectivity index (χ0n) is 11.9. The average molecular weight is 274 g/mol. The summed E-state index contributed by atoms with van der Waals surface area (Å²) in [7, 11) is 0. The van der Waals surface area contributed by atoms with E-state index in [0.29, 0.717) is 25.6 Å². The maximum absolute atomic E-state index is 12.6. The summed E-state index contributed by atoms with van der Waals surface area (Å²) in [4.78, 5) is 14.5. The number of ether oxygens (including phenoxy) is 1. The molecule has 0 spiro atoms. The molecule has 1 aromatic carbocycles. The SMILES string of the molecule is CC(C(=O)N1CCOC(c2ccccc2)C1)C1CNC1. The Hall–Kier alpha value is -1.39. The van der Waals surface area contributed by atoms with Crippen molar-refractivity contribution >= 4 is 5.91 Å². The molecule has 2 aliphatic rings. The van der Waals surface area contributed by atoms with Gasteiger partial charge in [-0.3, -0.25) is 4.79 Å². The molecule has 108 valence electrons. The standard InChI is InChI=1S/C16H22N2O2/c1-12(14-9-17-10-14)16(19)18-7-8-20-15(11-18)13-5-3-2-4-6-13/h2-6,12,14-15,17H,7-11H2,1H3. The van der Waals surface area contributed by atoms with Gasteiger partial charge in [0.2, 0.25) is 5.91 Å². The lowest BCUT2D eigenvalue weighted by atomic mass is 9.87. The van der Waals surface area contributed by atoms with Gasteiger partial charge in [-0.05, 0) is 24.6 Å². The van der Waals surface area contributed by atoms with Crippen LogP contribution in [0.4, 0.5) is 0 Å². The molecule has 0 radical (unpaired) electrons. The third-order valence-electron chi connectivity index (χ3n) is 4.46. The van der Waals surface area contributed by atoms with Crippen molar-refractivity contribution in [3.05, 3.63) is 35.9 Å². The molecule has 2 aliphatic heterocycles. The largest absolute Gasteiger partial charge is 0.370 e. The van der Waals surface area contributed by atoms with Gasteiger partial charge in [0.25, 0.3) is 0 Å². The van der Waals surface area contributed by atoms with Gasteiger partial charge < -0.3 is 15.0 Å². The third kappa shape index (κ3) is 2.72. The van der Waals surface area contributed by atoms with Gasteiger partial charge in [-0.15, -0.1) is 0 Å². The zero-order chi connectivity index (χ0) is 13.9. The van der Waals surface area contributed by atoms with Crippen molar-refractivity contribution in [1.82, 2.24) is 10.2 Å². The molecule has 4 nitrogen and oxygen atoms in total. The van der Waals surface area contributed by atoms with Crippen LogP contribution in [0, 0.1) is 11.8 Å². The smallest absolute Gasteiger partial charge is 0.225 e. The number of carbonyl (C=O) groups excluding carboxylic acids is 1. The fourth-order valence-electron chi connectivity index (χ4n) is 2.87. The maximum Gasteiger partial charge on any atom is 0.225 e. The first-order valence-corrected chi connectivity index (χ1v) is 7.42. The number of nitrogens with zero attached hydrogens (tertiary/aromatic N) is 1. The van der Waals surface area contributed by atoms with Crippen LogP contribution in [-0.4, -0.2) is 43.6 Å². The molecular weight excluding hydrogens is 252 g/mol. The van der Waals surface area contributed by atoms with Crippen LogP contribution in [0.2, 0.25) is 0 Å². The number of morpholine rings is 1. The second-order valence-electron chi connectivity index (χ2n) is 5.76. The molecule has 0 saturated carbocycles. The van der Waals surface area contributed by atoms with Crippen molar-refractivity contribution in [2.24, 2.45) is 11.8 Å². The summed E-state index contributed by atoms with van der Waals surface area (Å²) in [6.07, 6.45) is 0.0145. The summed E-state index contributed by atoms with van der Waals surface area (Å²) in [6, 6.07) is 10.2. The topological polar surface area (TPSA) is 41.6 Å². The van der Waals surface area contributed by atoms with Crippen molar-refractivity contribution in [3.8, 4) is 0 Å². The Bertz CT molecular complexity index is 459. The van der Waals surface area contributed by atoms with Crippen LogP contribution in [-0.2, 0) is 9.53 Å². The highest BCUT2D eigenvalue weighted by molar-refractivity contribution is 5.79. The Morgan fingerprint density at radius 1 is 1.35 bits per heavy atom. The minimum atomic E-state index is 0.0145. The molecule has 4 heteroatoms. The number of benzene rings is 1. The Balaban J connectivity index is 1.64. The first kappa shape index (κ1) is 13.6. The molecule has 0 aromatic heterocycles. The predicted octanol–water partition coefficient (Wildman–Crippen LogP) is 1.44. The lowest BCUT2D eigenvalue weighted by Gasteiger charge is -2.38. The molecule has 2 fully saturated rings. The average Bonchev–Trinajstić information content (AvgIpc) is 2.46. The lowest BCUT2D eigenvalue weighted by Crippen LogP contribution is -2.52. The Morgan fingerprint density at radius 2 is 2.10 bits per heavy atom. The first-order valence-electron chi connectivity index (χ1n) is 7.42. The van der Waals surface area contributed by atoms with E-state index < -0.39 is 0 Å². The highest BCUT2D eigenvalue weighted by atomic mass is 16.5. The number of carbonyl (C=O) groups is 1. The minimum absolute atomic E-state index is 0.0145. The van der Waals surface area contributed by atoms with Crippen LogP contribution in [0.25, 0.3) is 0 Å². The molecule has 20 heavy (non-hydrogen) atoms. The summed E-state index contributed by atoms with van der Waals surface area (Å²) in [5, 5.41) is 3.24. The van der Waals surface area contributed by atoms with E-state index in [4.69, 9.17) is 4.74 Å². The summed E-state index contributed by atoms with van der Waals surface area (Å²) < 4.78 is 5.82. The molecule has 1 amide bonds. The van der Waals surface area contributed by atoms with Gasteiger partial charge in [0.05, 0.1) is 13.2 Å². The van der Waals surface area contributed by atoms with Gasteiger partial charge >= 0.3 is 0 Å². The maximum atomic E-state index is 12.6. The van der Waals surface area contributed by atoms with Gasteiger partial charge in [0, 0.05) is 12.5 Å². The number of rotatable bonds is 3. The second kappa shape index (κ2) is 5.94. The van der Waals surface area contributed by atoms with Crippen LogP contribution >= 0.6 is 0 Å². The molecule has 2 unspecified atom stereocenters. The van der Waals surface area contributed by atoms with Crippen LogP contribution < -0.4 is 5.32 Å². The van der Waals surface area contributed by atoms with Gasteiger partial charge in [0.1, 0.15) is 6.10 Å². The van der Waals surface area contributed by atoms with Crippen molar-refractivity contribution in [1.29, 1.82) is 0 Å². The minimum Gasteiger partial charge on any atom is -0.370 e. The molecule has 0 aliphatic carbocycles. The number of amides is 1. The lowest BCUT2D eigenvalue weighted by molar-refractivity contribution is -0.145. The van der Waals surface area contributed by atoms with Crippen LogP contribution in [0.5, 0.6) is 0 Å². The Morgan fingerprint density at radius 3 is 2.75 bits per heavy atom. The van der Waals surface area contributed by atoms with Gasteiger partial charge in [-0.1, -0.05) is 37.3 Å². The van der Waals surface area contributed by atoms with Crippen LogP contribution in [0.1, 0.15) is 18.6 Å². The highest BCUT2D eigenvalue weighted by Crippen LogP contribution is 2.25. The summed E-state index contributed by atoms with van der Waals surface area (Å²) in [6.45, 7) is 6.01. The van der Waals surface area contributed by atoms with E-state index in [0.717, 1.165) is 18.7 Å². The van der Waals surface area contributed by atoms with E-state index in [-0.39, 0.29) is 17.9 Å². The van der Waals surface area contributed by atoms with Crippen molar-refractivity contribution < 1.29 is 9.53 Å². The van der Waals surface area contributed by atoms with Crippen LogP contribution in [0.15, 0.2) is 30.3 Å². The monoisotopic (exact) mass is 274 g/mol. The van der Waals surface area contributed by atoms with E-state index in [2.05, 4.69) is 24.4 Å². The Labute approximate surface area is 120 Å². The molecule has 2 saturated heterocycles. The quantitative estimate of drug-likeness (QED) is 0.907. The Kier molecular flexibility index (Phi) is 4.03. The second-order valence-corrected chi connectivity index (χ2v) is 5.76. The molecule has 0 bridgehead atoms. The van der Waals surface area contributed by atoms with Crippen LogP contribution in [0.3, 0.4) is 0 Å². The fourth-order valence-corrected chi connectivity index (χ4v) is 2.87. The molecule has 2 heterocycles. The van der Waals surface area contributed by atoms with E-state index in [1.165, 1.54) is 0 Å². The molecule has 1 aromatic rings. The molecular formula is C16H22N2O2. The van der Waals surface area contributed by atoms with Crippen molar-refractivity contribution in [3.63, 3.8) is 0 Å². The van der Waals surface area contributed by atoms with E-state index in [1.54, 1.807) is 0 Å². The number of hydrogen-bond acceptors (Lipinski definition) is 3. The number of hydrogen-bond donors (Lipinski definition) is 1. The third-order valence-corrected chi connectivity index (χ3v) is 4.46. The van der Waals surface area contributed by atoms with E-state index >= 15 is 0 Å². The number of nitrogens with one attached hydrogen (secondary N) is 1. The first-order chi connectivity index (χ1) is 9.75. The van der Waals surface area contributed by atoms with Gasteiger partial charge in [0.15, 0.2) is 0 Å². The van der Waals surface area contributed by atoms with Gasteiger partial charge in [-0.2, -0.15) is 0 Å². The van der Waals surface area contributed by atoms with E-state index in [9.17, 15) is 4.79 Å². The summed E-state index contributed by atoms with van der Waals surface area (Å²) in [5.41, 5.74) is 1.16.